The third kappa shape index (κ3) is 5.32. The number of hydrogen-bond donors (Lipinski definition) is 1. The largest absolute Gasteiger partial charge is 0.383 e. The molecule has 2 aliphatic heterocycles. The van der Waals surface area contributed by atoms with E-state index < -0.39 is 23.5 Å². The molecule has 8 nitrogen and oxygen atoms in total. The first-order chi connectivity index (χ1) is 16.8. The van der Waals surface area contributed by atoms with E-state index in [0.717, 1.165) is 6.07 Å². The standard InChI is InChI=1S/C25H27ClFN3O5/c1-34-13-10-28-22(31)21-16-35-25(30(21)24(33)18-5-3-7-20(27)15-18)8-11-29(12-9-25)23(32)17-4-2-6-19(26)14-17/h2-7,14-15,21H,8-13,16H2,1H3,(H,28,31)/t21-/m1/s1. The van der Waals surface area contributed by atoms with Crippen LogP contribution in [0.15, 0.2) is 48.5 Å². The highest BCUT2D eigenvalue weighted by atomic mass is 35.5. The number of carbonyl (C=O) groups is 3. The van der Waals surface area contributed by atoms with Gasteiger partial charge in [-0.3, -0.25) is 19.3 Å². The van der Waals surface area contributed by atoms with Crippen LogP contribution in [0.2, 0.25) is 5.02 Å². The number of benzene rings is 2. The number of likely N-dealkylation sites (tertiary alicyclic amines) is 1. The molecular weight excluding hydrogens is 477 g/mol. The number of nitrogens with zero attached hydrogens (tertiary/aromatic N) is 2. The molecule has 0 radical (unpaired) electrons. The van der Waals surface area contributed by atoms with Gasteiger partial charge in [-0.05, 0) is 36.4 Å². The Morgan fingerprint density at radius 2 is 1.80 bits per heavy atom. The molecule has 0 aromatic heterocycles. The van der Waals surface area contributed by atoms with Gasteiger partial charge >= 0.3 is 0 Å². The molecule has 186 valence electrons. The van der Waals surface area contributed by atoms with Gasteiger partial charge in [-0.15, -0.1) is 0 Å². The highest BCUT2D eigenvalue weighted by molar-refractivity contribution is 6.30. The number of hydrogen-bond acceptors (Lipinski definition) is 5. The van der Waals surface area contributed by atoms with E-state index in [9.17, 15) is 18.8 Å². The Balaban J connectivity index is 1.56. The molecule has 10 heteroatoms. The minimum Gasteiger partial charge on any atom is -0.383 e. The zero-order valence-corrected chi connectivity index (χ0v) is 20.1. The molecule has 0 aliphatic carbocycles. The van der Waals surface area contributed by atoms with Crippen molar-refractivity contribution in [3.05, 3.63) is 70.5 Å². The van der Waals surface area contributed by atoms with Gasteiger partial charge < -0.3 is 19.7 Å². The molecule has 35 heavy (non-hydrogen) atoms. The van der Waals surface area contributed by atoms with Gasteiger partial charge in [0.05, 0.1) is 13.2 Å². The fourth-order valence-corrected chi connectivity index (χ4v) is 4.78. The van der Waals surface area contributed by atoms with Crippen molar-refractivity contribution >= 4 is 29.3 Å². The third-order valence-electron chi connectivity index (χ3n) is 6.36. The fraction of sp³-hybridized carbons (Fsp3) is 0.400. The molecule has 2 aliphatic rings. The molecule has 1 N–H and O–H groups in total. The van der Waals surface area contributed by atoms with E-state index in [0.29, 0.717) is 43.1 Å². The first kappa shape index (κ1) is 25.1. The number of piperidine rings is 1. The van der Waals surface area contributed by atoms with Crippen molar-refractivity contribution in [3.8, 4) is 0 Å². The predicted molar refractivity (Wildman–Crippen MR) is 127 cm³/mol. The number of ether oxygens (including phenoxy) is 2. The molecule has 4 rings (SSSR count). The van der Waals surface area contributed by atoms with Crippen molar-refractivity contribution in [2.45, 2.75) is 24.6 Å². The zero-order chi connectivity index (χ0) is 25.0. The molecule has 2 aromatic rings. The van der Waals surface area contributed by atoms with Crippen LogP contribution in [-0.4, -0.2) is 79.2 Å². The highest BCUT2D eigenvalue weighted by Gasteiger charge is 2.54. The average molecular weight is 504 g/mol. The van der Waals surface area contributed by atoms with Crippen LogP contribution in [0, 0.1) is 5.82 Å². The minimum absolute atomic E-state index is 0.00209. The van der Waals surface area contributed by atoms with Gasteiger partial charge in [-0.2, -0.15) is 0 Å². The number of rotatable bonds is 6. The van der Waals surface area contributed by atoms with Gasteiger partial charge in [0.2, 0.25) is 5.91 Å². The van der Waals surface area contributed by atoms with Crippen molar-refractivity contribution in [2.75, 3.05) is 40.0 Å². The van der Waals surface area contributed by atoms with Crippen molar-refractivity contribution in [2.24, 2.45) is 0 Å². The monoisotopic (exact) mass is 503 g/mol. The summed E-state index contributed by atoms with van der Waals surface area (Å²) in [5, 5.41) is 3.23. The number of halogens is 2. The number of nitrogens with one attached hydrogen (secondary N) is 1. The summed E-state index contributed by atoms with van der Waals surface area (Å²) in [5.41, 5.74) is -0.483. The second-order valence-corrected chi connectivity index (χ2v) is 8.98. The summed E-state index contributed by atoms with van der Waals surface area (Å²) in [4.78, 5) is 42.6. The highest BCUT2D eigenvalue weighted by Crippen LogP contribution is 2.39. The Bertz CT molecular complexity index is 1110. The molecule has 2 heterocycles. The van der Waals surface area contributed by atoms with E-state index in [4.69, 9.17) is 21.1 Å². The van der Waals surface area contributed by atoms with Gasteiger partial charge in [0, 0.05) is 55.7 Å². The number of carbonyl (C=O) groups excluding carboxylic acids is 3. The SMILES string of the molecule is COCCNC(=O)[C@H]1COC2(CCN(C(=O)c3cccc(Cl)c3)CC2)N1C(=O)c1cccc(F)c1. The summed E-state index contributed by atoms with van der Waals surface area (Å²) in [7, 11) is 1.53. The molecule has 2 saturated heterocycles. The van der Waals surface area contributed by atoms with Crippen molar-refractivity contribution in [3.63, 3.8) is 0 Å². The minimum atomic E-state index is -1.09. The van der Waals surface area contributed by atoms with Crippen LogP contribution in [0.5, 0.6) is 0 Å². The summed E-state index contributed by atoms with van der Waals surface area (Å²) in [5.74, 6) is -1.59. The lowest BCUT2D eigenvalue weighted by Gasteiger charge is -2.44. The molecule has 0 saturated carbocycles. The van der Waals surface area contributed by atoms with E-state index in [1.807, 2.05) is 0 Å². The summed E-state index contributed by atoms with van der Waals surface area (Å²) in [6, 6.07) is 11.2. The molecule has 2 fully saturated rings. The zero-order valence-electron chi connectivity index (χ0n) is 19.3. The summed E-state index contributed by atoms with van der Waals surface area (Å²) in [6.07, 6.45) is 0.616. The van der Waals surface area contributed by atoms with Crippen molar-refractivity contribution in [1.82, 2.24) is 15.1 Å². The van der Waals surface area contributed by atoms with E-state index in [1.54, 1.807) is 29.2 Å². The number of methoxy groups -OCH3 is 1. The Hall–Kier alpha value is -3.01. The maximum atomic E-state index is 13.9. The Morgan fingerprint density at radius 1 is 1.11 bits per heavy atom. The fourth-order valence-electron chi connectivity index (χ4n) is 4.58. The Kier molecular flexibility index (Phi) is 7.69. The Labute approximate surface area is 207 Å². The van der Waals surface area contributed by atoms with Crippen LogP contribution in [-0.2, 0) is 14.3 Å². The summed E-state index contributed by atoms with van der Waals surface area (Å²) in [6.45, 7) is 1.24. The van der Waals surface area contributed by atoms with E-state index in [1.165, 1.54) is 30.2 Å². The Morgan fingerprint density at radius 3 is 2.46 bits per heavy atom. The lowest BCUT2D eigenvalue weighted by Crippen LogP contribution is -2.60. The quantitative estimate of drug-likeness (QED) is 0.612. The second-order valence-electron chi connectivity index (χ2n) is 8.54. The van der Waals surface area contributed by atoms with Crippen molar-refractivity contribution < 1.29 is 28.2 Å². The van der Waals surface area contributed by atoms with E-state index in [-0.39, 0.29) is 30.5 Å². The lowest BCUT2D eigenvalue weighted by molar-refractivity contribution is -0.128. The maximum Gasteiger partial charge on any atom is 0.256 e. The van der Waals surface area contributed by atoms with Crippen LogP contribution >= 0.6 is 11.6 Å². The maximum absolute atomic E-state index is 13.9. The van der Waals surface area contributed by atoms with Crippen LogP contribution in [0.3, 0.4) is 0 Å². The first-order valence-corrected chi connectivity index (χ1v) is 11.8. The van der Waals surface area contributed by atoms with Crippen LogP contribution in [0.25, 0.3) is 0 Å². The van der Waals surface area contributed by atoms with Gasteiger partial charge in [0.15, 0.2) is 0 Å². The van der Waals surface area contributed by atoms with Gasteiger partial charge in [-0.25, -0.2) is 4.39 Å². The smallest absolute Gasteiger partial charge is 0.256 e. The molecule has 2 aromatic carbocycles. The first-order valence-electron chi connectivity index (χ1n) is 11.4. The van der Waals surface area contributed by atoms with Gasteiger partial charge in [0.25, 0.3) is 11.8 Å². The van der Waals surface area contributed by atoms with Crippen LogP contribution < -0.4 is 5.32 Å². The number of amides is 3. The lowest BCUT2D eigenvalue weighted by atomic mass is 9.96. The van der Waals surface area contributed by atoms with E-state index >= 15 is 0 Å². The van der Waals surface area contributed by atoms with Gasteiger partial charge in [0.1, 0.15) is 17.6 Å². The molecule has 1 atom stereocenters. The van der Waals surface area contributed by atoms with E-state index in [2.05, 4.69) is 5.32 Å². The normalized spacial score (nSPS) is 19.1. The molecule has 0 bridgehead atoms. The van der Waals surface area contributed by atoms with Crippen molar-refractivity contribution in [1.29, 1.82) is 0 Å². The molecular formula is C25H27ClFN3O5. The summed E-state index contributed by atoms with van der Waals surface area (Å²) >= 11 is 6.03. The van der Waals surface area contributed by atoms with Crippen LogP contribution in [0.1, 0.15) is 33.6 Å². The molecule has 3 amide bonds. The second kappa shape index (κ2) is 10.7. The molecule has 1 spiro atoms. The topological polar surface area (TPSA) is 88.2 Å². The average Bonchev–Trinajstić information content (AvgIpc) is 3.22. The third-order valence-corrected chi connectivity index (χ3v) is 6.60. The van der Waals surface area contributed by atoms with Crippen LogP contribution in [0.4, 0.5) is 4.39 Å². The predicted octanol–water partition coefficient (Wildman–Crippen LogP) is 2.72. The molecule has 0 unspecified atom stereocenters. The summed E-state index contributed by atoms with van der Waals surface area (Å²) < 4.78 is 25.0. The van der Waals surface area contributed by atoms with Gasteiger partial charge in [-0.1, -0.05) is 23.7 Å².